The summed E-state index contributed by atoms with van der Waals surface area (Å²) in [4.78, 5) is 64.5. The van der Waals surface area contributed by atoms with Crippen LogP contribution < -0.4 is 21.3 Å². The molecule has 4 amide bonds. The molecule has 4 aromatic rings. The van der Waals surface area contributed by atoms with Crippen molar-refractivity contribution in [2.24, 2.45) is 0 Å². The number of fused-ring (bicyclic) bond motifs is 2. The molecule has 0 aliphatic carbocycles. The van der Waals surface area contributed by atoms with Gasteiger partial charge in [0.05, 0.1) is 47.9 Å². The van der Waals surface area contributed by atoms with E-state index in [1.165, 1.54) is 34.1 Å². The van der Waals surface area contributed by atoms with Crippen LogP contribution >= 0.6 is 0 Å². The lowest BCUT2D eigenvalue weighted by Gasteiger charge is -2.30. The van der Waals surface area contributed by atoms with Gasteiger partial charge in [-0.2, -0.15) is 0 Å². The van der Waals surface area contributed by atoms with Gasteiger partial charge in [-0.3, -0.25) is 19.2 Å². The molecule has 2 aromatic carbocycles. The molecule has 0 saturated carbocycles. The largest absolute Gasteiger partial charge is 0.352 e. The predicted octanol–water partition coefficient (Wildman–Crippen LogP) is 3.89. The van der Waals surface area contributed by atoms with Gasteiger partial charge in [0.2, 0.25) is 23.6 Å². The number of halogens is 4. The Bertz CT molecular complexity index is 2010. The second kappa shape index (κ2) is 17.9. The van der Waals surface area contributed by atoms with Gasteiger partial charge in [0.1, 0.15) is 36.1 Å². The molecule has 6 rings (SSSR count). The Balaban J connectivity index is 1.40. The van der Waals surface area contributed by atoms with Crippen molar-refractivity contribution in [1.82, 2.24) is 45.6 Å². The summed E-state index contributed by atoms with van der Waals surface area (Å²) in [7, 11) is 3.26. The number of benzene rings is 2. The molecule has 4 heterocycles. The first kappa shape index (κ1) is 42.6. The van der Waals surface area contributed by atoms with Gasteiger partial charge < -0.3 is 40.6 Å². The van der Waals surface area contributed by atoms with E-state index in [1.54, 1.807) is 58.5 Å². The van der Waals surface area contributed by atoms with Crippen LogP contribution in [-0.4, -0.2) is 124 Å². The van der Waals surface area contributed by atoms with Crippen molar-refractivity contribution >= 4 is 45.6 Å². The highest BCUT2D eigenvalue weighted by Gasteiger charge is 2.41. The molecule has 2 aliphatic heterocycles. The number of aromatic amines is 1. The van der Waals surface area contributed by atoms with Gasteiger partial charge >= 0.3 is 0 Å². The Labute approximate surface area is 334 Å². The number of hydrogen-bond donors (Lipinski definition) is 5. The fourth-order valence-corrected chi connectivity index (χ4v) is 8.11. The molecule has 314 valence electrons. The third-order valence-electron chi connectivity index (χ3n) is 11.6. The number of H-pyrrole nitrogens is 1. The number of carbonyl (C=O) groups excluding carboxylic acids is 4. The monoisotopic (exact) mass is 811 g/mol. The fourth-order valence-electron chi connectivity index (χ4n) is 8.11. The van der Waals surface area contributed by atoms with Crippen molar-refractivity contribution < 1.29 is 36.7 Å². The highest BCUT2D eigenvalue weighted by molar-refractivity contribution is 5.93. The summed E-state index contributed by atoms with van der Waals surface area (Å²) in [6, 6.07) is 4.03. The molecular weight excluding hydrogens is 759 g/mol. The van der Waals surface area contributed by atoms with E-state index >= 15 is 8.78 Å². The van der Waals surface area contributed by atoms with Crippen LogP contribution in [0.25, 0.3) is 33.5 Å². The number of imidazole rings is 1. The Morgan fingerprint density at radius 1 is 0.810 bits per heavy atom. The number of rotatable bonds is 15. The molecular formula is C41H53F4N9O4. The van der Waals surface area contributed by atoms with Crippen molar-refractivity contribution in [1.29, 1.82) is 0 Å². The number of alkyl halides is 2. The van der Waals surface area contributed by atoms with Crippen LogP contribution in [0, 0.1) is 11.6 Å². The van der Waals surface area contributed by atoms with Gasteiger partial charge in [-0.05, 0) is 83.1 Å². The van der Waals surface area contributed by atoms with Crippen LogP contribution in [0.1, 0.15) is 58.9 Å². The van der Waals surface area contributed by atoms with Gasteiger partial charge in [-0.15, -0.1) is 0 Å². The Hall–Kier alpha value is -5.03. The zero-order chi connectivity index (χ0) is 42.0. The molecule has 17 heteroatoms. The molecule has 5 N–H and O–H groups in total. The number of nitrogens with zero attached hydrogens (tertiary/aromatic N) is 4. The molecule has 2 saturated heterocycles. The standard InChI is InChI=1S/C41H53F4N9O4/c1-7-31(50-38(55)21(3)46-5)40(57)52-18-25(44)13-27(52)17-30-29-11-9-23(42)15-33(29)48-36(30)37-49-34-16-24(43)10-12-35(34)54(37)20-28-14-26(45)19-53(28)41(58)32(8-2)51-39(56)22(4)47-6/h9-12,15-16,21-22,25-28,31-32,46-48H,7-8,13-14,17-20H2,1-6H3,(H,50,55)(H,51,56)/t21-,22-,25-,26-,27-,28-,31-,32-/m0/s1. The summed E-state index contributed by atoms with van der Waals surface area (Å²) in [5.41, 5.74) is 2.17. The maximum absolute atomic E-state index is 15.3. The van der Waals surface area contributed by atoms with Crippen LogP contribution in [0.2, 0.25) is 0 Å². The average molecular weight is 812 g/mol. The Morgan fingerprint density at radius 3 is 1.91 bits per heavy atom. The lowest BCUT2D eigenvalue weighted by atomic mass is 9.99. The first-order valence-electron chi connectivity index (χ1n) is 20.0. The highest BCUT2D eigenvalue weighted by atomic mass is 19.1. The van der Waals surface area contributed by atoms with Crippen LogP contribution in [0.3, 0.4) is 0 Å². The van der Waals surface area contributed by atoms with Crippen molar-refractivity contribution in [3.05, 3.63) is 53.6 Å². The minimum absolute atomic E-state index is 0.00657. The summed E-state index contributed by atoms with van der Waals surface area (Å²) in [5.74, 6) is -2.37. The Kier molecular flexibility index (Phi) is 13.1. The first-order chi connectivity index (χ1) is 27.7. The van der Waals surface area contributed by atoms with E-state index in [0.717, 1.165) is 0 Å². The van der Waals surface area contributed by atoms with Gasteiger partial charge in [-0.1, -0.05) is 13.8 Å². The van der Waals surface area contributed by atoms with Crippen molar-refractivity contribution in [2.75, 3.05) is 27.2 Å². The normalized spacial score (nSPS) is 21.7. The molecule has 0 bridgehead atoms. The molecule has 0 radical (unpaired) electrons. The summed E-state index contributed by atoms with van der Waals surface area (Å²) in [5, 5.41) is 11.8. The quantitative estimate of drug-likeness (QED) is 0.114. The molecule has 2 fully saturated rings. The lowest BCUT2D eigenvalue weighted by Crippen LogP contribution is -2.53. The maximum Gasteiger partial charge on any atom is 0.245 e. The maximum atomic E-state index is 15.3. The Morgan fingerprint density at radius 2 is 1.34 bits per heavy atom. The molecule has 13 nitrogen and oxygen atoms in total. The summed E-state index contributed by atoms with van der Waals surface area (Å²) in [6.45, 7) is 6.52. The first-order valence-corrected chi connectivity index (χ1v) is 20.0. The zero-order valence-electron chi connectivity index (χ0n) is 33.7. The molecule has 0 spiro atoms. The topological polar surface area (TPSA) is 156 Å². The third-order valence-corrected chi connectivity index (χ3v) is 11.6. The van der Waals surface area contributed by atoms with Crippen LogP contribution in [0.15, 0.2) is 36.4 Å². The van der Waals surface area contributed by atoms with Crippen molar-refractivity contribution in [2.45, 2.75) is 115 Å². The number of likely N-dealkylation sites (N-methyl/N-ethyl adjacent to an activating group) is 2. The van der Waals surface area contributed by atoms with E-state index in [0.29, 0.717) is 27.7 Å². The summed E-state index contributed by atoms with van der Waals surface area (Å²) >= 11 is 0. The summed E-state index contributed by atoms with van der Waals surface area (Å²) in [6.07, 6.45) is -2.01. The zero-order valence-corrected chi connectivity index (χ0v) is 33.7. The van der Waals surface area contributed by atoms with E-state index in [2.05, 4.69) is 26.3 Å². The van der Waals surface area contributed by atoms with Crippen LogP contribution in [0.5, 0.6) is 0 Å². The van der Waals surface area contributed by atoms with Crippen molar-refractivity contribution in [3.8, 4) is 11.5 Å². The molecule has 0 unspecified atom stereocenters. The average Bonchev–Trinajstić information content (AvgIpc) is 3.96. The van der Waals surface area contributed by atoms with Gasteiger partial charge in [-0.25, -0.2) is 22.5 Å². The smallest absolute Gasteiger partial charge is 0.245 e. The number of carbonyl (C=O) groups is 4. The number of likely N-dealkylation sites (tertiary alicyclic amines) is 2. The minimum Gasteiger partial charge on any atom is -0.352 e. The fraction of sp³-hybridized carbons (Fsp3) is 0.537. The van der Waals surface area contributed by atoms with Crippen LogP contribution in [-0.2, 0) is 32.1 Å². The van der Waals surface area contributed by atoms with E-state index in [4.69, 9.17) is 4.98 Å². The predicted molar refractivity (Wildman–Crippen MR) is 212 cm³/mol. The van der Waals surface area contributed by atoms with Gasteiger partial charge in [0.25, 0.3) is 0 Å². The second-order valence-electron chi connectivity index (χ2n) is 15.5. The molecule has 8 atom stereocenters. The van der Waals surface area contributed by atoms with E-state index in [1.807, 2.05) is 0 Å². The van der Waals surface area contributed by atoms with E-state index in [-0.39, 0.29) is 74.9 Å². The SMILES string of the molecule is CC[C@H](NC(=O)[C@H](C)NC)C(=O)N1C[C@@H](F)C[C@H]1Cc1c(-c2nc3cc(F)ccc3n2C[C@@H]2C[C@H](F)CN2C(=O)[C@H](CC)NC(=O)[C@H](C)NC)[nH]c2cc(F)ccc12. The van der Waals surface area contributed by atoms with E-state index < -0.39 is 72.0 Å². The third kappa shape index (κ3) is 8.70. The second-order valence-corrected chi connectivity index (χ2v) is 15.5. The number of amides is 4. The van der Waals surface area contributed by atoms with Crippen molar-refractivity contribution in [3.63, 3.8) is 0 Å². The number of nitrogens with one attached hydrogen (secondary N) is 5. The van der Waals surface area contributed by atoms with E-state index in [9.17, 15) is 28.0 Å². The molecule has 58 heavy (non-hydrogen) atoms. The summed E-state index contributed by atoms with van der Waals surface area (Å²) < 4.78 is 61.9. The molecule has 2 aromatic heterocycles. The minimum atomic E-state index is -1.35. The van der Waals surface area contributed by atoms with Gasteiger partial charge in [0, 0.05) is 42.4 Å². The highest BCUT2D eigenvalue weighted by Crippen LogP contribution is 2.37. The molecule has 2 aliphatic rings. The number of hydrogen-bond acceptors (Lipinski definition) is 7. The lowest BCUT2D eigenvalue weighted by molar-refractivity contribution is -0.138. The van der Waals surface area contributed by atoms with Crippen LogP contribution in [0.4, 0.5) is 17.6 Å². The van der Waals surface area contributed by atoms with Gasteiger partial charge in [0.15, 0.2) is 5.82 Å². The number of aromatic nitrogens is 3.